The van der Waals surface area contributed by atoms with Crippen molar-refractivity contribution in [3.8, 4) is 0 Å². The summed E-state index contributed by atoms with van der Waals surface area (Å²) in [7, 11) is 0. The van der Waals surface area contributed by atoms with Gasteiger partial charge < -0.3 is 5.32 Å². The zero-order valence-electron chi connectivity index (χ0n) is 14.8. The van der Waals surface area contributed by atoms with Crippen molar-refractivity contribution in [2.24, 2.45) is 0 Å². The van der Waals surface area contributed by atoms with Crippen molar-refractivity contribution in [3.63, 3.8) is 0 Å². The predicted octanol–water partition coefficient (Wildman–Crippen LogP) is 3.42. The quantitative estimate of drug-likeness (QED) is 0.802. The van der Waals surface area contributed by atoms with E-state index in [1.165, 1.54) is 17.7 Å². The van der Waals surface area contributed by atoms with Gasteiger partial charge in [-0.25, -0.2) is 15.2 Å². The second kappa shape index (κ2) is 6.94. The molecule has 0 radical (unpaired) electrons. The van der Waals surface area contributed by atoms with Crippen molar-refractivity contribution in [2.45, 2.75) is 44.8 Å². The largest absolute Gasteiger partial charge is 0.335 e. The third-order valence-electron chi connectivity index (χ3n) is 4.47. The molecule has 2 atom stereocenters. The second-order valence-electron chi connectivity index (χ2n) is 7.49. The number of amides is 1. The average molecular weight is 341 g/mol. The molecule has 1 heterocycles. The predicted molar refractivity (Wildman–Crippen MR) is 96.4 cm³/mol. The Labute approximate surface area is 147 Å². The fourth-order valence-electron chi connectivity index (χ4n) is 2.96. The van der Waals surface area contributed by atoms with E-state index < -0.39 is 0 Å². The van der Waals surface area contributed by atoms with E-state index in [0.29, 0.717) is 12.0 Å². The van der Waals surface area contributed by atoms with Crippen LogP contribution in [0.3, 0.4) is 0 Å². The molecule has 1 aliphatic heterocycles. The standard InChI is InChI=1S/C20H24FN3O/c1-20(2,3)15-9-7-13(8-10-15)19(25)22-18-12-17(23-24-18)14-5-4-6-16(21)11-14/h4-11,17-18,23-24H,12H2,1-3H3,(H,22,25). The third-order valence-corrected chi connectivity index (χ3v) is 4.47. The van der Waals surface area contributed by atoms with Gasteiger partial charge >= 0.3 is 0 Å². The highest BCUT2D eigenvalue weighted by Crippen LogP contribution is 2.23. The molecule has 1 saturated heterocycles. The fraction of sp³-hybridized carbons (Fsp3) is 0.350. The maximum Gasteiger partial charge on any atom is 0.252 e. The Bertz CT molecular complexity index is 752. The van der Waals surface area contributed by atoms with Gasteiger partial charge in [0.1, 0.15) is 5.82 Å². The molecule has 3 rings (SSSR count). The van der Waals surface area contributed by atoms with E-state index in [1.54, 1.807) is 6.07 Å². The molecule has 2 aromatic rings. The summed E-state index contributed by atoms with van der Waals surface area (Å²) >= 11 is 0. The van der Waals surface area contributed by atoms with Crippen LogP contribution < -0.4 is 16.2 Å². The first kappa shape index (κ1) is 17.6. The SMILES string of the molecule is CC(C)(C)c1ccc(C(=O)NC2CC(c3cccc(F)c3)NN2)cc1. The van der Waals surface area contributed by atoms with Crippen molar-refractivity contribution < 1.29 is 9.18 Å². The number of benzene rings is 2. The van der Waals surface area contributed by atoms with Crippen LogP contribution >= 0.6 is 0 Å². The highest BCUT2D eigenvalue weighted by molar-refractivity contribution is 5.94. The maximum atomic E-state index is 13.3. The van der Waals surface area contributed by atoms with Gasteiger partial charge in [-0.1, -0.05) is 45.0 Å². The molecule has 5 heteroatoms. The molecule has 1 amide bonds. The van der Waals surface area contributed by atoms with Gasteiger partial charge in [-0.05, 0) is 40.8 Å². The first-order valence-electron chi connectivity index (χ1n) is 8.51. The Morgan fingerprint density at radius 2 is 1.84 bits per heavy atom. The topological polar surface area (TPSA) is 53.2 Å². The molecule has 1 fully saturated rings. The molecule has 4 nitrogen and oxygen atoms in total. The van der Waals surface area contributed by atoms with Crippen LogP contribution in [0, 0.1) is 5.82 Å². The molecular formula is C20H24FN3O. The van der Waals surface area contributed by atoms with Crippen molar-refractivity contribution in [1.29, 1.82) is 0 Å². The molecule has 0 saturated carbocycles. The minimum Gasteiger partial charge on any atom is -0.335 e. The summed E-state index contributed by atoms with van der Waals surface area (Å²) in [5.41, 5.74) is 8.90. The Balaban J connectivity index is 1.60. The van der Waals surface area contributed by atoms with Crippen LogP contribution in [0.5, 0.6) is 0 Å². The van der Waals surface area contributed by atoms with Crippen molar-refractivity contribution in [1.82, 2.24) is 16.2 Å². The molecule has 2 unspecified atom stereocenters. The zero-order chi connectivity index (χ0) is 18.0. The van der Waals surface area contributed by atoms with Gasteiger partial charge in [0.2, 0.25) is 0 Å². The second-order valence-corrected chi connectivity index (χ2v) is 7.49. The van der Waals surface area contributed by atoms with E-state index in [0.717, 1.165) is 5.56 Å². The summed E-state index contributed by atoms with van der Waals surface area (Å²) in [5, 5.41) is 2.96. The van der Waals surface area contributed by atoms with Crippen LogP contribution in [0.4, 0.5) is 4.39 Å². The number of hydrogen-bond donors (Lipinski definition) is 3. The van der Waals surface area contributed by atoms with Gasteiger partial charge in [0.05, 0.1) is 6.17 Å². The number of nitrogens with one attached hydrogen (secondary N) is 3. The van der Waals surface area contributed by atoms with Crippen LogP contribution in [0.1, 0.15) is 54.7 Å². The molecule has 2 aromatic carbocycles. The number of halogens is 1. The minimum atomic E-state index is -0.259. The smallest absolute Gasteiger partial charge is 0.252 e. The summed E-state index contributed by atoms with van der Waals surface area (Å²) in [5.74, 6) is -0.384. The van der Waals surface area contributed by atoms with Crippen molar-refractivity contribution in [2.75, 3.05) is 0 Å². The lowest BCUT2D eigenvalue weighted by atomic mass is 9.86. The first-order chi connectivity index (χ1) is 11.8. The van der Waals surface area contributed by atoms with Gasteiger partial charge in [0.15, 0.2) is 0 Å². The Morgan fingerprint density at radius 3 is 2.48 bits per heavy atom. The normalized spacial score (nSPS) is 20.5. The van der Waals surface area contributed by atoms with E-state index in [2.05, 4.69) is 36.9 Å². The zero-order valence-corrected chi connectivity index (χ0v) is 14.8. The maximum absolute atomic E-state index is 13.3. The first-order valence-corrected chi connectivity index (χ1v) is 8.51. The fourth-order valence-corrected chi connectivity index (χ4v) is 2.96. The monoisotopic (exact) mass is 341 g/mol. The van der Waals surface area contributed by atoms with Crippen LogP contribution in [0.25, 0.3) is 0 Å². The number of carbonyl (C=O) groups is 1. The molecule has 0 bridgehead atoms. The van der Waals surface area contributed by atoms with E-state index in [9.17, 15) is 9.18 Å². The number of hydrogen-bond acceptors (Lipinski definition) is 3. The molecule has 1 aliphatic rings. The van der Waals surface area contributed by atoms with E-state index in [1.807, 2.05) is 30.3 Å². The van der Waals surface area contributed by atoms with Gasteiger partial charge in [-0.15, -0.1) is 0 Å². The van der Waals surface area contributed by atoms with Gasteiger partial charge in [0, 0.05) is 18.0 Å². The lowest BCUT2D eigenvalue weighted by molar-refractivity contribution is 0.0932. The van der Waals surface area contributed by atoms with Crippen LogP contribution in [-0.4, -0.2) is 12.1 Å². The van der Waals surface area contributed by atoms with Gasteiger partial charge in [-0.3, -0.25) is 4.79 Å². The summed E-state index contributed by atoms with van der Waals surface area (Å²) < 4.78 is 13.3. The van der Waals surface area contributed by atoms with Crippen LogP contribution in [0.2, 0.25) is 0 Å². The molecule has 0 aliphatic carbocycles. The number of hydrazine groups is 1. The third kappa shape index (κ3) is 4.24. The molecule has 0 aromatic heterocycles. The number of carbonyl (C=O) groups excluding carboxylic acids is 1. The Hall–Kier alpha value is -2.24. The van der Waals surface area contributed by atoms with Gasteiger partial charge in [0.25, 0.3) is 5.91 Å². The summed E-state index contributed by atoms with van der Waals surface area (Å²) in [6.45, 7) is 6.42. The summed E-state index contributed by atoms with van der Waals surface area (Å²) in [6, 6.07) is 14.1. The Morgan fingerprint density at radius 1 is 1.12 bits per heavy atom. The van der Waals surface area contributed by atoms with Crippen LogP contribution in [0.15, 0.2) is 48.5 Å². The van der Waals surface area contributed by atoms with E-state index in [-0.39, 0.29) is 29.3 Å². The highest BCUT2D eigenvalue weighted by Gasteiger charge is 2.26. The molecule has 132 valence electrons. The van der Waals surface area contributed by atoms with Crippen LogP contribution in [-0.2, 0) is 5.41 Å². The molecule has 0 spiro atoms. The molecular weight excluding hydrogens is 317 g/mol. The molecule has 25 heavy (non-hydrogen) atoms. The molecule has 3 N–H and O–H groups in total. The average Bonchev–Trinajstić information content (AvgIpc) is 3.03. The van der Waals surface area contributed by atoms with E-state index >= 15 is 0 Å². The summed E-state index contributed by atoms with van der Waals surface area (Å²) in [6.07, 6.45) is 0.443. The summed E-state index contributed by atoms with van der Waals surface area (Å²) in [4.78, 5) is 12.4. The Kier molecular flexibility index (Phi) is 4.88. The highest BCUT2D eigenvalue weighted by atomic mass is 19.1. The van der Waals surface area contributed by atoms with E-state index in [4.69, 9.17) is 0 Å². The van der Waals surface area contributed by atoms with Crippen molar-refractivity contribution >= 4 is 5.91 Å². The lowest BCUT2D eigenvalue weighted by Crippen LogP contribution is -2.44. The number of rotatable bonds is 3. The van der Waals surface area contributed by atoms with Gasteiger partial charge in [-0.2, -0.15) is 0 Å². The lowest BCUT2D eigenvalue weighted by Gasteiger charge is -2.19. The minimum absolute atomic E-state index is 0.0377. The van der Waals surface area contributed by atoms with Crippen molar-refractivity contribution in [3.05, 3.63) is 71.0 Å².